The minimum Gasteiger partial charge on any atom is -0.480 e. The van der Waals surface area contributed by atoms with Gasteiger partial charge in [0.2, 0.25) is 0 Å². The zero-order valence-electron chi connectivity index (χ0n) is 11.3. The largest absolute Gasteiger partial charge is 0.480 e. The van der Waals surface area contributed by atoms with E-state index in [9.17, 15) is 9.90 Å². The zero-order valence-corrected chi connectivity index (χ0v) is 11.3. The minimum absolute atomic E-state index is 0.517. The van der Waals surface area contributed by atoms with Gasteiger partial charge in [0.25, 0.3) is 0 Å². The van der Waals surface area contributed by atoms with Crippen LogP contribution in [-0.4, -0.2) is 34.1 Å². The Hall–Kier alpha value is -0.570. The van der Waals surface area contributed by atoms with Gasteiger partial charge >= 0.3 is 5.97 Å². The third kappa shape index (κ3) is 2.22. The van der Waals surface area contributed by atoms with E-state index < -0.39 is 11.5 Å². The Bertz CT molecular complexity index is 297. The molecule has 0 aromatic carbocycles. The highest BCUT2D eigenvalue weighted by molar-refractivity contribution is 5.78. The quantitative estimate of drug-likeness (QED) is 0.823. The van der Waals surface area contributed by atoms with E-state index in [4.69, 9.17) is 0 Å². The molecule has 2 rings (SSSR count). The predicted octanol–water partition coefficient (Wildman–Crippen LogP) is 2.75. The molecule has 0 aromatic rings. The molecule has 1 N–H and O–H groups in total. The molecule has 0 spiro atoms. The summed E-state index contributed by atoms with van der Waals surface area (Å²) < 4.78 is 0. The fourth-order valence-corrected chi connectivity index (χ4v) is 3.39. The lowest BCUT2D eigenvalue weighted by Gasteiger charge is -2.52. The third-order valence-corrected chi connectivity index (χ3v) is 4.94. The van der Waals surface area contributed by atoms with Crippen molar-refractivity contribution < 1.29 is 9.90 Å². The van der Waals surface area contributed by atoms with Gasteiger partial charge in [-0.2, -0.15) is 0 Å². The Morgan fingerprint density at radius 2 is 2.00 bits per heavy atom. The number of piperidine rings is 1. The van der Waals surface area contributed by atoms with Gasteiger partial charge in [-0.3, -0.25) is 9.69 Å². The van der Waals surface area contributed by atoms with Crippen LogP contribution in [0.2, 0.25) is 0 Å². The molecule has 3 nitrogen and oxygen atoms in total. The van der Waals surface area contributed by atoms with Crippen LogP contribution in [0, 0.1) is 11.8 Å². The average Bonchev–Trinajstić information content (AvgIpc) is 2.18. The van der Waals surface area contributed by atoms with Crippen LogP contribution in [-0.2, 0) is 4.79 Å². The monoisotopic (exact) mass is 239 g/mol. The summed E-state index contributed by atoms with van der Waals surface area (Å²) in [5, 5.41) is 9.47. The van der Waals surface area contributed by atoms with Crippen molar-refractivity contribution in [3.63, 3.8) is 0 Å². The number of carbonyl (C=O) groups is 1. The van der Waals surface area contributed by atoms with Crippen LogP contribution in [0.5, 0.6) is 0 Å². The van der Waals surface area contributed by atoms with Crippen LogP contribution in [0.4, 0.5) is 0 Å². The second kappa shape index (κ2) is 4.60. The Labute approximate surface area is 104 Å². The molecule has 0 radical (unpaired) electrons. The van der Waals surface area contributed by atoms with Crippen LogP contribution >= 0.6 is 0 Å². The van der Waals surface area contributed by atoms with Crippen molar-refractivity contribution in [3.05, 3.63) is 0 Å². The maximum atomic E-state index is 11.5. The van der Waals surface area contributed by atoms with Crippen molar-refractivity contribution >= 4 is 5.97 Å². The Morgan fingerprint density at radius 1 is 1.35 bits per heavy atom. The average molecular weight is 239 g/mol. The van der Waals surface area contributed by atoms with E-state index in [0.717, 1.165) is 37.6 Å². The standard InChI is InChI=1S/C14H25NO2/c1-10(2)11-8-12(9-11)15-7-5-4-6-14(15,3)13(16)17/h10-12H,4-9H2,1-3H3,(H,16,17). The summed E-state index contributed by atoms with van der Waals surface area (Å²) in [6.45, 7) is 7.43. The molecule has 1 atom stereocenters. The van der Waals surface area contributed by atoms with E-state index in [-0.39, 0.29) is 0 Å². The van der Waals surface area contributed by atoms with Gasteiger partial charge in [-0.1, -0.05) is 13.8 Å². The maximum Gasteiger partial charge on any atom is 0.323 e. The van der Waals surface area contributed by atoms with Crippen LogP contribution in [0.3, 0.4) is 0 Å². The summed E-state index contributed by atoms with van der Waals surface area (Å²) >= 11 is 0. The van der Waals surface area contributed by atoms with Crippen LogP contribution in [0.15, 0.2) is 0 Å². The van der Waals surface area contributed by atoms with Crippen molar-refractivity contribution in [1.82, 2.24) is 4.90 Å². The van der Waals surface area contributed by atoms with Gasteiger partial charge < -0.3 is 5.11 Å². The first-order valence-electron chi connectivity index (χ1n) is 6.95. The molecule has 98 valence electrons. The molecule has 1 heterocycles. The highest BCUT2D eigenvalue weighted by atomic mass is 16.4. The Balaban J connectivity index is 2.02. The Kier molecular flexibility index (Phi) is 3.48. The molecular formula is C14H25NO2. The summed E-state index contributed by atoms with van der Waals surface area (Å²) in [6.07, 6.45) is 5.41. The van der Waals surface area contributed by atoms with Gasteiger partial charge in [-0.05, 0) is 57.4 Å². The van der Waals surface area contributed by atoms with Gasteiger partial charge in [-0.25, -0.2) is 0 Å². The molecule has 17 heavy (non-hydrogen) atoms. The van der Waals surface area contributed by atoms with Crippen molar-refractivity contribution in [2.75, 3.05) is 6.54 Å². The molecule has 0 amide bonds. The maximum absolute atomic E-state index is 11.5. The molecule has 0 aromatic heterocycles. The Morgan fingerprint density at radius 3 is 2.53 bits per heavy atom. The molecule has 2 fully saturated rings. The second-order valence-corrected chi connectivity index (χ2v) is 6.36. The summed E-state index contributed by atoms with van der Waals surface area (Å²) in [4.78, 5) is 13.8. The normalized spacial score (nSPS) is 39.1. The smallest absolute Gasteiger partial charge is 0.323 e. The van der Waals surface area contributed by atoms with E-state index in [1.54, 1.807) is 0 Å². The number of nitrogens with zero attached hydrogens (tertiary/aromatic N) is 1. The summed E-state index contributed by atoms with van der Waals surface area (Å²) in [5.41, 5.74) is -0.606. The van der Waals surface area contributed by atoms with Crippen LogP contribution in [0.25, 0.3) is 0 Å². The molecule has 1 aliphatic heterocycles. The third-order valence-electron chi connectivity index (χ3n) is 4.94. The SMILES string of the molecule is CC(C)C1CC(N2CCCCC2(C)C(=O)O)C1. The summed E-state index contributed by atoms with van der Waals surface area (Å²) in [5.74, 6) is 0.914. The first-order valence-corrected chi connectivity index (χ1v) is 6.95. The predicted molar refractivity (Wildman–Crippen MR) is 67.9 cm³/mol. The van der Waals surface area contributed by atoms with Crippen molar-refractivity contribution in [3.8, 4) is 0 Å². The van der Waals surface area contributed by atoms with Crippen molar-refractivity contribution in [2.24, 2.45) is 11.8 Å². The van der Waals surface area contributed by atoms with E-state index >= 15 is 0 Å². The van der Waals surface area contributed by atoms with Gasteiger partial charge in [-0.15, -0.1) is 0 Å². The van der Waals surface area contributed by atoms with E-state index in [1.165, 1.54) is 12.8 Å². The van der Waals surface area contributed by atoms with Crippen molar-refractivity contribution in [2.45, 2.75) is 64.5 Å². The van der Waals surface area contributed by atoms with Gasteiger partial charge in [0, 0.05) is 6.04 Å². The van der Waals surface area contributed by atoms with E-state index in [0.29, 0.717) is 6.04 Å². The fourth-order valence-electron chi connectivity index (χ4n) is 3.39. The second-order valence-electron chi connectivity index (χ2n) is 6.36. The number of carboxylic acids is 1. The molecular weight excluding hydrogens is 214 g/mol. The molecule has 2 aliphatic rings. The first kappa shape index (κ1) is 12.9. The highest BCUT2D eigenvalue weighted by Crippen LogP contribution is 2.42. The number of hydrogen-bond acceptors (Lipinski definition) is 2. The van der Waals surface area contributed by atoms with Gasteiger partial charge in [0.15, 0.2) is 0 Å². The van der Waals surface area contributed by atoms with E-state index in [1.807, 2.05) is 6.92 Å². The summed E-state index contributed by atoms with van der Waals surface area (Å²) in [6, 6.07) is 0.517. The fraction of sp³-hybridized carbons (Fsp3) is 0.929. The van der Waals surface area contributed by atoms with Gasteiger partial charge in [0.1, 0.15) is 5.54 Å². The lowest BCUT2D eigenvalue weighted by molar-refractivity contribution is -0.158. The lowest BCUT2D eigenvalue weighted by Crippen LogP contribution is -2.62. The minimum atomic E-state index is -0.634. The van der Waals surface area contributed by atoms with Gasteiger partial charge in [0.05, 0.1) is 0 Å². The van der Waals surface area contributed by atoms with Crippen molar-refractivity contribution in [1.29, 1.82) is 0 Å². The molecule has 1 saturated heterocycles. The first-order chi connectivity index (χ1) is 7.95. The molecule has 0 bridgehead atoms. The topological polar surface area (TPSA) is 40.5 Å². The molecule has 1 saturated carbocycles. The van der Waals surface area contributed by atoms with E-state index in [2.05, 4.69) is 18.7 Å². The molecule has 1 aliphatic carbocycles. The van der Waals surface area contributed by atoms with Crippen LogP contribution < -0.4 is 0 Å². The lowest BCUT2D eigenvalue weighted by atomic mass is 9.71. The number of rotatable bonds is 3. The van der Waals surface area contributed by atoms with Crippen LogP contribution in [0.1, 0.15) is 52.9 Å². The number of likely N-dealkylation sites (tertiary alicyclic amines) is 1. The zero-order chi connectivity index (χ0) is 12.6. The number of hydrogen-bond donors (Lipinski definition) is 1. The highest BCUT2D eigenvalue weighted by Gasteiger charge is 2.48. The molecule has 1 unspecified atom stereocenters. The molecule has 3 heteroatoms. The number of aliphatic carboxylic acids is 1. The number of carboxylic acid groups (broad SMARTS) is 1. The summed E-state index contributed by atoms with van der Waals surface area (Å²) in [7, 11) is 0.